The van der Waals surface area contributed by atoms with Crippen molar-refractivity contribution in [2.24, 2.45) is 5.73 Å². The molecule has 6 heteroatoms. The standard InChI is InChI=1S/C15H17N3O2S/c16-11(8-9-4-6-10(19)7-5-9)14(20)18-15-17-12-2-1-3-13(12)21-15/h4-7,11,19H,1-3,8,16H2,(H,17,18,20)/t11-/m1/s1. The van der Waals surface area contributed by atoms with E-state index >= 15 is 0 Å². The van der Waals surface area contributed by atoms with Crippen molar-refractivity contribution in [3.8, 4) is 5.75 Å². The average Bonchev–Trinajstić information content (AvgIpc) is 3.02. The Hall–Kier alpha value is -1.92. The molecule has 4 N–H and O–H groups in total. The van der Waals surface area contributed by atoms with Gasteiger partial charge >= 0.3 is 0 Å². The van der Waals surface area contributed by atoms with Crippen LogP contribution in [0.1, 0.15) is 22.6 Å². The molecule has 0 saturated heterocycles. The van der Waals surface area contributed by atoms with Gasteiger partial charge < -0.3 is 16.2 Å². The Labute approximate surface area is 126 Å². The summed E-state index contributed by atoms with van der Waals surface area (Å²) in [5.41, 5.74) is 7.96. The Morgan fingerprint density at radius 1 is 1.38 bits per heavy atom. The van der Waals surface area contributed by atoms with Gasteiger partial charge in [-0.25, -0.2) is 4.98 Å². The van der Waals surface area contributed by atoms with E-state index in [1.165, 1.54) is 4.88 Å². The SMILES string of the molecule is N[C@H](Cc1ccc(O)cc1)C(=O)Nc1nc2c(s1)CCC2. The van der Waals surface area contributed by atoms with Gasteiger partial charge in [0.25, 0.3) is 0 Å². The van der Waals surface area contributed by atoms with Crippen molar-refractivity contribution in [2.75, 3.05) is 5.32 Å². The predicted octanol–water partition coefficient (Wildman–Crippen LogP) is 1.85. The van der Waals surface area contributed by atoms with Crippen LogP contribution in [0.2, 0.25) is 0 Å². The van der Waals surface area contributed by atoms with E-state index in [4.69, 9.17) is 5.73 Å². The number of aromatic hydroxyl groups is 1. The molecule has 1 aromatic heterocycles. The number of nitrogens with one attached hydrogen (secondary N) is 1. The molecule has 2 aromatic rings. The van der Waals surface area contributed by atoms with Gasteiger partial charge in [0.15, 0.2) is 5.13 Å². The van der Waals surface area contributed by atoms with E-state index in [9.17, 15) is 9.90 Å². The molecule has 1 atom stereocenters. The smallest absolute Gasteiger partial charge is 0.243 e. The number of phenolic OH excluding ortho intramolecular Hbond substituents is 1. The van der Waals surface area contributed by atoms with Gasteiger partial charge in [-0.05, 0) is 43.4 Å². The van der Waals surface area contributed by atoms with E-state index in [0.717, 1.165) is 30.5 Å². The van der Waals surface area contributed by atoms with Crippen LogP contribution in [0.5, 0.6) is 5.75 Å². The van der Waals surface area contributed by atoms with Crippen LogP contribution >= 0.6 is 11.3 Å². The Bertz CT molecular complexity index is 630. The average molecular weight is 303 g/mol. The lowest BCUT2D eigenvalue weighted by atomic mass is 10.1. The molecule has 0 aliphatic heterocycles. The summed E-state index contributed by atoms with van der Waals surface area (Å²) in [6, 6.07) is 6.07. The van der Waals surface area contributed by atoms with Gasteiger partial charge in [0.1, 0.15) is 5.75 Å². The molecule has 1 heterocycles. The van der Waals surface area contributed by atoms with Crippen LogP contribution in [0.4, 0.5) is 5.13 Å². The van der Waals surface area contributed by atoms with Crippen LogP contribution < -0.4 is 11.1 Å². The molecule has 5 nitrogen and oxygen atoms in total. The molecule has 21 heavy (non-hydrogen) atoms. The van der Waals surface area contributed by atoms with Gasteiger partial charge in [-0.2, -0.15) is 0 Å². The van der Waals surface area contributed by atoms with Crippen LogP contribution in [-0.2, 0) is 24.1 Å². The zero-order valence-electron chi connectivity index (χ0n) is 11.5. The first kappa shape index (κ1) is 14.0. The summed E-state index contributed by atoms with van der Waals surface area (Å²) in [5, 5.41) is 12.7. The second-order valence-electron chi connectivity index (χ2n) is 5.21. The zero-order valence-corrected chi connectivity index (χ0v) is 12.3. The number of phenols is 1. The number of aryl methyl sites for hydroxylation is 2. The Morgan fingerprint density at radius 2 is 2.14 bits per heavy atom. The van der Waals surface area contributed by atoms with Crippen molar-refractivity contribution < 1.29 is 9.90 Å². The highest BCUT2D eigenvalue weighted by Crippen LogP contribution is 2.30. The van der Waals surface area contributed by atoms with E-state index in [1.807, 2.05) is 0 Å². The summed E-state index contributed by atoms with van der Waals surface area (Å²) in [6.45, 7) is 0. The van der Waals surface area contributed by atoms with E-state index in [-0.39, 0.29) is 11.7 Å². The number of aromatic nitrogens is 1. The molecule has 1 aromatic carbocycles. The molecular weight excluding hydrogens is 286 g/mol. The summed E-state index contributed by atoms with van der Waals surface area (Å²) in [4.78, 5) is 17.8. The number of nitrogens with zero attached hydrogens (tertiary/aromatic N) is 1. The molecule has 1 amide bonds. The second-order valence-corrected chi connectivity index (χ2v) is 6.29. The summed E-state index contributed by atoms with van der Waals surface area (Å²) in [7, 11) is 0. The lowest BCUT2D eigenvalue weighted by Gasteiger charge is -2.11. The van der Waals surface area contributed by atoms with E-state index < -0.39 is 6.04 Å². The number of carbonyl (C=O) groups excluding carboxylic acids is 1. The number of benzene rings is 1. The highest BCUT2D eigenvalue weighted by atomic mass is 32.1. The fraction of sp³-hybridized carbons (Fsp3) is 0.333. The topological polar surface area (TPSA) is 88.2 Å². The molecule has 1 aliphatic rings. The third-order valence-corrected chi connectivity index (χ3v) is 4.63. The van der Waals surface area contributed by atoms with Crippen LogP contribution in [0, 0.1) is 0 Å². The van der Waals surface area contributed by atoms with Gasteiger partial charge in [0, 0.05) is 4.88 Å². The number of thiazole rings is 1. The summed E-state index contributed by atoms with van der Waals surface area (Å²) < 4.78 is 0. The van der Waals surface area contributed by atoms with Gasteiger partial charge in [-0.15, -0.1) is 11.3 Å². The Balaban J connectivity index is 1.60. The van der Waals surface area contributed by atoms with Gasteiger partial charge in [-0.3, -0.25) is 4.79 Å². The normalized spacial score (nSPS) is 14.7. The quantitative estimate of drug-likeness (QED) is 0.804. The maximum Gasteiger partial charge on any atom is 0.243 e. The van der Waals surface area contributed by atoms with Crippen molar-refractivity contribution in [1.82, 2.24) is 4.98 Å². The Kier molecular flexibility index (Phi) is 3.90. The first-order valence-corrected chi connectivity index (χ1v) is 7.76. The number of carbonyl (C=O) groups is 1. The van der Waals surface area contributed by atoms with E-state index in [0.29, 0.717) is 11.6 Å². The minimum atomic E-state index is -0.631. The fourth-order valence-electron chi connectivity index (χ4n) is 2.42. The van der Waals surface area contributed by atoms with Crippen molar-refractivity contribution in [2.45, 2.75) is 31.7 Å². The summed E-state index contributed by atoms with van der Waals surface area (Å²) >= 11 is 1.54. The molecule has 0 bridgehead atoms. The molecule has 1 aliphatic carbocycles. The van der Waals surface area contributed by atoms with E-state index in [1.54, 1.807) is 35.6 Å². The Morgan fingerprint density at radius 3 is 2.86 bits per heavy atom. The largest absolute Gasteiger partial charge is 0.508 e. The number of anilines is 1. The van der Waals surface area contributed by atoms with Crippen molar-refractivity contribution >= 4 is 22.4 Å². The monoisotopic (exact) mass is 303 g/mol. The molecule has 3 rings (SSSR count). The van der Waals surface area contributed by atoms with Crippen molar-refractivity contribution in [3.05, 3.63) is 40.4 Å². The summed E-state index contributed by atoms with van der Waals surface area (Å²) in [5.74, 6) is -0.0235. The minimum absolute atomic E-state index is 0.203. The summed E-state index contributed by atoms with van der Waals surface area (Å²) in [6.07, 6.45) is 3.64. The van der Waals surface area contributed by atoms with Crippen LogP contribution in [0.15, 0.2) is 24.3 Å². The maximum absolute atomic E-state index is 12.1. The number of fused-ring (bicyclic) bond motifs is 1. The number of amides is 1. The van der Waals surface area contributed by atoms with Crippen LogP contribution in [0.25, 0.3) is 0 Å². The number of rotatable bonds is 4. The molecule has 0 unspecified atom stereocenters. The zero-order chi connectivity index (χ0) is 14.8. The number of hydrogen-bond acceptors (Lipinski definition) is 5. The second kappa shape index (κ2) is 5.83. The van der Waals surface area contributed by atoms with Crippen LogP contribution in [-0.4, -0.2) is 22.0 Å². The lowest BCUT2D eigenvalue weighted by Crippen LogP contribution is -2.37. The minimum Gasteiger partial charge on any atom is -0.508 e. The highest BCUT2D eigenvalue weighted by molar-refractivity contribution is 7.15. The van der Waals surface area contributed by atoms with Gasteiger partial charge in [0.2, 0.25) is 5.91 Å². The first-order chi connectivity index (χ1) is 10.1. The van der Waals surface area contributed by atoms with E-state index in [2.05, 4.69) is 10.3 Å². The van der Waals surface area contributed by atoms with Gasteiger partial charge in [0.05, 0.1) is 11.7 Å². The van der Waals surface area contributed by atoms with Gasteiger partial charge in [-0.1, -0.05) is 12.1 Å². The third-order valence-electron chi connectivity index (χ3n) is 3.55. The lowest BCUT2D eigenvalue weighted by molar-refractivity contribution is -0.117. The molecule has 0 fully saturated rings. The predicted molar refractivity (Wildman–Crippen MR) is 82.6 cm³/mol. The molecule has 0 radical (unpaired) electrons. The van der Waals surface area contributed by atoms with Crippen molar-refractivity contribution in [3.63, 3.8) is 0 Å². The maximum atomic E-state index is 12.1. The molecular formula is C15H17N3O2S. The highest BCUT2D eigenvalue weighted by Gasteiger charge is 2.20. The van der Waals surface area contributed by atoms with Crippen LogP contribution in [0.3, 0.4) is 0 Å². The molecule has 0 spiro atoms. The number of hydrogen-bond donors (Lipinski definition) is 3. The fourth-order valence-corrected chi connectivity index (χ4v) is 3.47. The first-order valence-electron chi connectivity index (χ1n) is 6.95. The van der Waals surface area contributed by atoms with Crippen molar-refractivity contribution in [1.29, 1.82) is 0 Å². The number of nitrogens with two attached hydrogens (primary N) is 1. The molecule has 0 saturated carbocycles. The molecule has 110 valence electrons. The third kappa shape index (κ3) is 3.22.